The van der Waals surface area contributed by atoms with Crippen molar-refractivity contribution < 1.29 is 18.9 Å². The first kappa shape index (κ1) is 18.4. The third-order valence-electron chi connectivity index (χ3n) is 3.75. The molecule has 2 rings (SSSR count). The molecule has 0 atom stereocenters. The molecule has 0 fully saturated rings. The van der Waals surface area contributed by atoms with Gasteiger partial charge in [0.25, 0.3) is 0 Å². The minimum atomic E-state index is -0.415. The first-order chi connectivity index (χ1) is 11.8. The van der Waals surface area contributed by atoms with Crippen LogP contribution in [0.15, 0.2) is 28.8 Å². The molecule has 0 aliphatic heterocycles. The molecule has 2 aromatic rings. The second-order valence-electron chi connectivity index (χ2n) is 5.87. The number of nitrogens with one attached hydrogen (secondary N) is 2. The van der Waals surface area contributed by atoms with Crippen LogP contribution in [0.4, 0.5) is 5.82 Å². The first-order valence-corrected chi connectivity index (χ1v) is 7.95. The monoisotopic (exact) mass is 343 g/mol. The Kier molecular flexibility index (Phi) is 6.05. The van der Waals surface area contributed by atoms with E-state index >= 15 is 0 Å². The summed E-state index contributed by atoms with van der Waals surface area (Å²) in [6.07, 6.45) is 0.126. The highest BCUT2D eigenvalue weighted by atomic mass is 16.5. The molecule has 2 N–H and O–H groups in total. The molecule has 0 spiro atoms. The summed E-state index contributed by atoms with van der Waals surface area (Å²) < 4.78 is 4.82. The number of amides is 2. The predicted octanol–water partition coefficient (Wildman–Crippen LogP) is 2.32. The van der Waals surface area contributed by atoms with E-state index in [4.69, 9.17) is 4.52 Å². The lowest BCUT2D eigenvalue weighted by atomic mass is 10.0. The summed E-state index contributed by atoms with van der Waals surface area (Å²) in [7, 11) is 0. The molecule has 0 unspecified atom stereocenters. The van der Waals surface area contributed by atoms with Crippen LogP contribution in [0.5, 0.6) is 0 Å². The van der Waals surface area contributed by atoms with Gasteiger partial charge in [-0.25, -0.2) is 0 Å². The quantitative estimate of drug-likeness (QED) is 0.751. The van der Waals surface area contributed by atoms with E-state index in [1.54, 1.807) is 19.1 Å². The number of carbonyl (C=O) groups is 3. The average molecular weight is 343 g/mol. The lowest BCUT2D eigenvalue weighted by molar-refractivity contribution is -0.124. The molecule has 7 heteroatoms. The Hall–Kier alpha value is -2.96. The van der Waals surface area contributed by atoms with E-state index in [9.17, 15) is 14.4 Å². The van der Waals surface area contributed by atoms with E-state index in [0.717, 1.165) is 11.1 Å². The number of aromatic nitrogens is 1. The summed E-state index contributed by atoms with van der Waals surface area (Å²) in [5.41, 5.74) is 2.74. The van der Waals surface area contributed by atoms with Crippen LogP contribution in [0, 0.1) is 20.8 Å². The van der Waals surface area contributed by atoms with Gasteiger partial charge in [0.2, 0.25) is 11.8 Å². The molecule has 0 radical (unpaired) electrons. The molecule has 1 aromatic heterocycles. The maximum Gasteiger partial charge on any atom is 0.245 e. The van der Waals surface area contributed by atoms with Gasteiger partial charge in [-0.2, -0.15) is 0 Å². The topological polar surface area (TPSA) is 101 Å². The average Bonchev–Trinajstić information content (AvgIpc) is 2.98. The first-order valence-electron chi connectivity index (χ1n) is 7.95. The minimum absolute atomic E-state index is 0.0299. The summed E-state index contributed by atoms with van der Waals surface area (Å²) in [5.74, 6) is -0.00238. The molecule has 7 nitrogen and oxygen atoms in total. The number of anilines is 1. The van der Waals surface area contributed by atoms with Crippen LogP contribution < -0.4 is 10.6 Å². The number of hydrogen-bond donors (Lipinski definition) is 2. The van der Waals surface area contributed by atoms with E-state index < -0.39 is 5.91 Å². The van der Waals surface area contributed by atoms with Gasteiger partial charge in [0.05, 0.1) is 6.54 Å². The molecule has 0 aliphatic rings. The van der Waals surface area contributed by atoms with Crippen LogP contribution in [-0.2, 0) is 9.59 Å². The number of rotatable bonds is 7. The molecular formula is C18H21N3O4. The van der Waals surface area contributed by atoms with Gasteiger partial charge in [-0.05, 0) is 38.0 Å². The van der Waals surface area contributed by atoms with Crippen molar-refractivity contribution in [3.05, 3.63) is 46.7 Å². The highest BCUT2D eigenvalue weighted by molar-refractivity contribution is 5.99. The Morgan fingerprint density at radius 2 is 1.76 bits per heavy atom. The predicted molar refractivity (Wildman–Crippen MR) is 92.4 cm³/mol. The van der Waals surface area contributed by atoms with Crippen LogP contribution >= 0.6 is 0 Å². The van der Waals surface area contributed by atoms with Gasteiger partial charge >= 0.3 is 0 Å². The molecule has 0 aliphatic carbocycles. The summed E-state index contributed by atoms with van der Waals surface area (Å²) >= 11 is 0. The third kappa shape index (κ3) is 5.56. The van der Waals surface area contributed by atoms with Crippen LogP contribution in [0.1, 0.15) is 40.1 Å². The molecule has 1 heterocycles. The van der Waals surface area contributed by atoms with E-state index in [1.165, 1.54) is 0 Å². The highest BCUT2D eigenvalue weighted by Gasteiger charge is 2.12. The van der Waals surface area contributed by atoms with Gasteiger partial charge in [0.1, 0.15) is 5.76 Å². The van der Waals surface area contributed by atoms with Crippen molar-refractivity contribution in [3.8, 4) is 0 Å². The van der Waals surface area contributed by atoms with Gasteiger partial charge in [-0.1, -0.05) is 17.3 Å². The SMILES string of the molecule is Cc1cc(NC(=O)CNC(=O)CCC(=O)c2ccc(C)c(C)c2)no1. The normalized spacial score (nSPS) is 10.4. The van der Waals surface area contributed by atoms with Crippen molar-refractivity contribution >= 4 is 23.4 Å². The summed E-state index contributed by atoms with van der Waals surface area (Å²) in [6, 6.07) is 7.04. The van der Waals surface area contributed by atoms with E-state index in [2.05, 4.69) is 15.8 Å². The number of benzene rings is 1. The number of hydrogen-bond acceptors (Lipinski definition) is 5. The van der Waals surface area contributed by atoms with Gasteiger partial charge in [0.15, 0.2) is 11.6 Å². The van der Waals surface area contributed by atoms with Crippen molar-refractivity contribution in [2.75, 3.05) is 11.9 Å². The van der Waals surface area contributed by atoms with Crippen molar-refractivity contribution in [3.63, 3.8) is 0 Å². The summed E-state index contributed by atoms with van der Waals surface area (Å²) in [6.45, 7) is 5.43. The largest absolute Gasteiger partial charge is 0.360 e. The van der Waals surface area contributed by atoms with Crippen molar-refractivity contribution in [2.24, 2.45) is 0 Å². The zero-order chi connectivity index (χ0) is 18.4. The second kappa shape index (κ2) is 8.23. The second-order valence-corrected chi connectivity index (χ2v) is 5.87. The molecule has 2 amide bonds. The standard InChI is InChI=1S/C18H21N3O4/c1-11-4-5-14(8-12(11)2)15(22)6-7-17(23)19-10-18(24)20-16-9-13(3)25-21-16/h4-5,8-9H,6-7,10H2,1-3H3,(H,19,23)(H,20,21,24). The van der Waals surface area contributed by atoms with Crippen LogP contribution in [0.25, 0.3) is 0 Å². The number of ketones is 1. The number of carbonyl (C=O) groups excluding carboxylic acids is 3. The van der Waals surface area contributed by atoms with Gasteiger partial charge in [-0.3, -0.25) is 14.4 Å². The van der Waals surface area contributed by atoms with Gasteiger partial charge in [-0.15, -0.1) is 0 Å². The van der Waals surface area contributed by atoms with Crippen molar-refractivity contribution in [1.29, 1.82) is 0 Å². The molecule has 0 bridgehead atoms. The van der Waals surface area contributed by atoms with E-state index in [0.29, 0.717) is 17.1 Å². The van der Waals surface area contributed by atoms with Crippen LogP contribution in [0.2, 0.25) is 0 Å². The summed E-state index contributed by atoms with van der Waals surface area (Å²) in [4.78, 5) is 35.6. The molecule has 0 saturated carbocycles. The summed E-state index contributed by atoms with van der Waals surface area (Å²) in [5, 5.41) is 8.59. The number of Topliss-reactive ketones (excluding diaryl/α,β-unsaturated/α-hetero) is 1. The molecule has 25 heavy (non-hydrogen) atoms. The maximum absolute atomic E-state index is 12.1. The fourth-order valence-electron chi connectivity index (χ4n) is 2.17. The zero-order valence-electron chi connectivity index (χ0n) is 14.5. The molecule has 1 aromatic carbocycles. The minimum Gasteiger partial charge on any atom is -0.360 e. The molecule has 0 saturated heterocycles. The van der Waals surface area contributed by atoms with Crippen LogP contribution in [-0.4, -0.2) is 29.3 Å². The number of aryl methyl sites for hydroxylation is 3. The maximum atomic E-state index is 12.1. The lowest BCUT2D eigenvalue weighted by Gasteiger charge is -2.06. The fraction of sp³-hybridized carbons (Fsp3) is 0.333. The Morgan fingerprint density at radius 1 is 1.00 bits per heavy atom. The third-order valence-corrected chi connectivity index (χ3v) is 3.75. The Morgan fingerprint density at radius 3 is 2.40 bits per heavy atom. The molecular weight excluding hydrogens is 322 g/mol. The Balaban J connectivity index is 1.73. The number of nitrogens with zero attached hydrogens (tertiary/aromatic N) is 1. The van der Waals surface area contributed by atoms with Crippen LogP contribution in [0.3, 0.4) is 0 Å². The smallest absolute Gasteiger partial charge is 0.245 e. The van der Waals surface area contributed by atoms with E-state index in [1.807, 2.05) is 26.0 Å². The van der Waals surface area contributed by atoms with Crippen molar-refractivity contribution in [1.82, 2.24) is 10.5 Å². The zero-order valence-corrected chi connectivity index (χ0v) is 14.5. The Labute approximate surface area is 145 Å². The Bertz CT molecular complexity index is 795. The molecule has 132 valence electrons. The van der Waals surface area contributed by atoms with E-state index in [-0.39, 0.29) is 31.1 Å². The lowest BCUT2D eigenvalue weighted by Crippen LogP contribution is -2.33. The van der Waals surface area contributed by atoms with Crippen molar-refractivity contribution in [2.45, 2.75) is 33.6 Å². The van der Waals surface area contributed by atoms with Gasteiger partial charge < -0.3 is 15.2 Å². The fourth-order valence-corrected chi connectivity index (χ4v) is 2.17. The highest BCUT2D eigenvalue weighted by Crippen LogP contribution is 2.12. The van der Waals surface area contributed by atoms with Gasteiger partial charge in [0, 0.05) is 24.5 Å².